The lowest BCUT2D eigenvalue weighted by molar-refractivity contribution is 0.486. The van der Waals surface area contributed by atoms with Crippen LogP contribution >= 0.6 is 40.6 Å². The molecule has 0 N–H and O–H groups in total. The zero-order valence-electron chi connectivity index (χ0n) is 30.5. The molecule has 1 atom stereocenters. The number of fused-ring (bicyclic) bond motifs is 2. The minimum Gasteiger partial charge on any atom is -0.480 e. The van der Waals surface area contributed by atoms with Crippen molar-refractivity contribution in [3.63, 3.8) is 0 Å². The maximum Gasteiger partial charge on any atom is 0.136 e. The van der Waals surface area contributed by atoms with E-state index >= 15 is 0 Å². The molecule has 0 aliphatic carbocycles. The second kappa shape index (κ2) is 15.2. The third kappa shape index (κ3) is 6.46. The number of rotatable bonds is 8. The van der Waals surface area contributed by atoms with Gasteiger partial charge in [-0.25, -0.2) is 0 Å². The molecule has 8 aromatic rings. The first-order valence-corrected chi connectivity index (χ1v) is 20.4. The molecule has 1 unspecified atom stereocenters. The van der Waals surface area contributed by atoms with Crippen molar-refractivity contribution in [3.8, 4) is 39.5 Å². The molecule has 8 aromatic carbocycles. The normalized spacial score (nSPS) is 11.4. The lowest BCUT2D eigenvalue weighted by Gasteiger charge is -2.28. The van der Waals surface area contributed by atoms with E-state index in [0.29, 0.717) is 16.5 Å². The Hall–Kier alpha value is -4.68. The van der Waals surface area contributed by atoms with E-state index in [0.717, 1.165) is 76.8 Å². The van der Waals surface area contributed by atoms with Crippen molar-refractivity contribution >= 4 is 78.0 Å². The van der Waals surface area contributed by atoms with Crippen molar-refractivity contribution in [2.45, 2.75) is 27.7 Å². The van der Waals surface area contributed by atoms with E-state index in [2.05, 4.69) is 170 Å². The van der Waals surface area contributed by atoms with Crippen LogP contribution in [0.1, 0.15) is 22.3 Å². The third-order valence-electron chi connectivity index (χ3n) is 10.2. The molecule has 0 bridgehead atoms. The highest BCUT2D eigenvalue weighted by molar-refractivity contribution is 7.80. The van der Waals surface area contributed by atoms with Crippen molar-refractivity contribution in [2.75, 3.05) is 0 Å². The SMILES string of the molecule is Cc1cc(Oc2ccc3ccccc3c2-c2c(OP)ccc3ccccc23)c(-c2c(P(c3ccccc3)c3ccccc3)cc(C)c(Cl)c2C)c(C)c1Cl. The van der Waals surface area contributed by atoms with Gasteiger partial charge >= 0.3 is 0 Å². The van der Waals surface area contributed by atoms with Gasteiger partial charge in [-0.3, -0.25) is 0 Å². The Bertz CT molecular complexity index is 2660. The Morgan fingerprint density at radius 1 is 0.463 bits per heavy atom. The fourth-order valence-corrected chi connectivity index (χ4v) is 10.8. The average Bonchev–Trinajstić information content (AvgIpc) is 3.20. The number of ether oxygens (including phenoxy) is 1. The lowest BCUT2D eigenvalue weighted by Crippen LogP contribution is -2.23. The molecule has 0 radical (unpaired) electrons. The minimum absolute atomic E-state index is 0.703. The molecule has 54 heavy (non-hydrogen) atoms. The van der Waals surface area contributed by atoms with E-state index in [4.69, 9.17) is 32.5 Å². The van der Waals surface area contributed by atoms with Crippen LogP contribution in [0.25, 0.3) is 43.8 Å². The van der Waals surface area contributed by atoms with Gasteiger partial charge in [-0.1, -0.05) is 145 Å². The van der Waals surface area contributed by atoms with Gasteiger partial charge in [-0.2, -0.15) is 0 Å². The van der Waals surface area contributed by atoms with Gasteiger partial charge in [0.05, 0.1) is 9.47 Å². The molecule has 0 aromatic heterocycles. The first-order chi connectivity index (χ1) is 26.3. The molecule has 0 saturated heterocycles. The Balaban J connectivity index is 1.44. The fraction of sp³-hybridized carbons (Fsp3) is 0.0833. The summed E-state index contributed by atoms with van der Waals surface area (Å²) < 4.78 is 13.3. The molecule has 0 saturated carbocycles. The number of aryl methyl sites for hydroxylation is 2. The molecular formula is C48H38Cl2O2P2. The van der Waals surface area contributed by atoms with Gasteiger partial charge in [0.2, 0.25) is 0 Å². The maximum atomic E-state index is 7.34. The quantitative estimate of drug-likeness (QED) is 0.143. The summed E-state index contributed by atoms with van der Waals surface area (Å²) in [5.41, 5.74) is 7.78. The zero-order chi connectivity index (χ0) is 37.5. The highest BCUT2D eigenvalue weighted by Crippen LogP contribution is 2.51. The molecule has 8 rings (SSSR count). The van der Waals surface area contributed by atoms with Crippen LogP contribution in [0.3, 0.4) is 0 Å². The van der Waals surface area contributed by atoms with Gasteiger partial charge in [0.1, 0.15) is 17.2 Å². The van der Waals surface area contributed by atoms with Crippen molar-refractivity contribution in [2.24, 2.45) is 0 Å². The van der Waals surface area contributed by atoms with Crippen LogP contribution in [0.15, 0.2) is 146 Å². The molecule has 6 heteroatoms. The number of hydrogen-bond donors (Lipinski definition) is 0. The van der Waals surface area contributed by atoms with Gasteiger partial charge in [0.25, 0.3) is 0 Å². The Kier molecular flexibility index (Phi) is 10.2. The molecule has 0 aliphatic heterocycles. The van der Waals surface area contributed by atoms with Crippen LogP contribution in [-0.2, 0) is 0 Å². The Morgan fingerprint density at radius 3 is 1.48 bits per heavy atom. The van der Waals surface area contributed by atoms with Gasteiger partial charge in [0, 0.05) is 26.7 Å². The predicted octanol–water partition coefficient (Wildman–Crippen LogP) is 13.6. The number of benzene rings is 8. The van der Waals surface area contributed by atoms with E-state index in [1.807, 2.05) is 13.0 Å². The first-order valence-electron chi connectivity index (χ1n) is 17.8. The summed E-state index contributed by atoms with van der Waals surface area (Å²) in [6, 6.07) is 51.0. The van der Waals surface area contributed by atoms with Crippen LogP contribution in [0.4, 0.5) is 0 Å². The topological polar surface area (TPSA) is 18.5 Å². The van der Waals surface area contributed by atoms with Crippen molar-refractivity contribution in [1.82, 2.24) is 0 Å². The predicted molar refractivity (Wildman–Crippen MR) is 237 cm³/mol. The molecule has 2 nitrogen and oxygen atoms in total. The average molecular weight is 780 g/mol. The van der Waals surface area contributed by atoms with E-state index in [1.165, 1.54) is 15.9 Å². The van der Waals surface area contributed by atoms with E-state index in [-0.39, 0.29) is 0 Å². The van der Waals surface area contributed by atoms with Crippen LogP contribution in [0, 0.1) is 27.7 Å². The summed E-state index contributed by atoms with van der Waals surface area (Å²) in [5, 5.41) is 9.47. The highest BCUT2D eigenvalue weighted by Gasteiger charge is 2.29. The fourth-order valence-electron chi connectivity index (χ4n) is 7.65. The van der Waals surface area contributed by atoms with Crippen LogP contribution in [-0.4, -0.2) is 0 Å². The summed E-state index contributed by atoms with van der Waals surface area (Å²) in [7, 11) is 1.44. The molecule has 266 valence electrons. The standard InChI is InChI=1S/C48H38Cl2O2P2/c1-29-27-41(51-39-25-23-33-15-11-13-21-37(33)45(39)46-38-22-14-12-16-34(38)24-26-40(46)52-53)43(31(3)47(29)49)44-32(4)48(50)30(2)28-42(44)54(35-17-7-5-8-18-35)36-19-9-6-10-20-36/h5-28H,53H2,1-4H3. The minimum atomic E-state index is -1.01. The smallest absolute Gasteiger partial charge is 0.136 e. The monoisotopic (exact) mass is 778 g/mol. The van der Waals surface area contributed by atoms with Crippen molar-refractivity contribution < 1.29 is 9.26 Å². The summed E-state index contributed by atoms with van der Waals surface area (Å²) in [6.07, 6.45) is 0. The van der Waals surface area contributed by atoms with Crippen LogP contribution in [0.2, 0.25) is 10.0 Å². The zero-order valence-corrected chi connectivity index (χ0v) is 34.0. The van der Waals surface area contributed by atoms with Crippen molar-refractivity contribution in [1.29, 1.82) is 0 Å². The second-order valence-electron chi connectivity index (χ2n) is 13.6. The third-order valence-corrected chi connectivity index (χ3v) is 14.1. The van der Waals surface area contributed by atoms with Crippen molar-refractivity contribution in [3.05, 3.63) is 178 Å². The largest absolute Gasteiger partial charge is 0.480 e. The van der Waals surface area contributed by atoms with Gasteiger partial charge < -0.3 is 9.26 Å². The Labute approximate surface area is 330 Å². The lowest BCUT2D eigenvalue weighted by atomic mass is 9.91. The first kappa shape index (κ1) is 36.3. The molecule has 0 aliphatic rings. The molecular weight excluding hydrogens is 741 g/mol. The molecule has 0 fully saturated rings. The van der Waals surface area contributed by atoms with E-state index in [1.54, 1.807) is 0 Å². The van der Waals surface area contributed by atoms with Crippen LogP contribution in [0.5, 0.6) is 17.2 Å². The number of hydrogen-bond acceptors (Lipinski definition) is 2. The maximum absolute atomic E-state index is 7.34. The second-order valence-corrected chi connectivity index (χ2v) is 16.8. The molecule has 0 spiro atoms. The highest BCUT2D eigenvalue weighted by atomic mass is 35.5. The summed E-state index contributed by atoms with van der Waals surface area (Å²) in [4.78, 5) is 0. The molecule has 0 amide bonds. The van der Waals surface area contributed by atoms with E-state index < -0.39 is 7.92 Å². The Morgan fingerprint density at radius 2 is 0.926 bits per heavy atom. The number of halogens is 2. The van der Waals surface area contributed by atoms with Gasteiger partial charge in [-0.05, 0) is 125 Å². The van der Waals surface area contributed by atoms with Gasteiger partial charge in [0.15, 0.2) is 0 Å². The summed E-state index contributed by atoms with van der Waals surface area (Å²) in [6.45, 7) is 8.34. The van der Waals surface area contributed by atoms with E-state index in [9.17, 15) is 0 Å². The molecule has 0 heterocycles. The summed E-state index contributed by atoms with van der Waals surface area (Å²) >= 11 is 14.4. The summed E-state index contributed by atoms with van der Waals surface area (Å²) in [5.74, 6) is 2.16. The van der Waals surface area contributed by atoms with Crippen LogP contribution < -0.4 is 25.2 Å². The van der Waals surface area contributed by atoms with Gasteiger partial charge in [-0.15, -0.1) is 0 Å².